The first-order valence-electron chi connectivity index (χ1n) is 16.1. The molecule has 0 bridgehead atoms. The van der Waals surface area contributed by atoms with Gasteiger partial charge in [-0.2, -0.15) is 0 Å². The highest BCUT2D eigenvalue weighted by molar-refractivity contribution is 6.41. The number of hydrogen-bond acceptors (Lipinski definition) is 6. The Labute approximate surface area is 273 Å². The topological polar surface area (TPSA) is 142 Å². The number of fused-ring (bicyclic) bond motifs is 1. The van der Waals surface area contributed by atoms with E-state index in [1.165, 1.54) is 54.7 Å². The largest absolute Gasteiger partial charge is 0.472 e. The van der Waals surface area contributed by atoms with Gasteiger partial charge in [0.05, 0.1) is 13.0 Å². The SMILES string of the molecule is CCCCCCCCC.O=C(NCB(O)O)C1CCCN1C(=O)CNCc1cccc(Cl)c1.O=C(O)N1Cc2ccccc2C1. The minimum absolute atomic E-state index is 0.124. The van der Waals surface area contributed by atoms with Crippen molar-refractivity contribution in [1.82, 2.24) is 20.4 Å². The lowest BCUT2D eigenvalue weighted by atomic mass is 9.92. The number of likely N-dealkylation sites (tertiary alicyclic amines) is 1. The van der Waals surface area contributed by atoms with Crippen LogP contribution in [-0.2, 0) is 29.2 Å². The van der Waals surface area contributed by atoms with Crippen LogP contribution < -0.4 is 10.6 Å². The zero-order chi connectivity index (χ0) is 33.0. The summed E-state index contributed by atoms with van der Waals surface area (Å²) < 4.78 is 0. The van der Waals surface area contributed by atoms with E-state index in [1.807, 2.05) is 42.5 Å². The van der Waals surface area contributed by atoms with E-state index in [0.717, 1.165) is 23.1 Å². The summed E-state index contributed by atoms with van der Waals surface area (Å²) in [7, 11) is -1.60. The Morgan fingerprint density at radius 3 is 2.11 bits per heavy atom. The Hall–Kier alpha value is -3.12. The first kappa shape index (κ1) is 38.1. The van der Waals surface area contributed by atoms with E-state index in [0.29, 0.717) is 37.6 Å². The average Bonchev–Trinajstić information content (AvgIpc) is 3.69. The quantitative estimate of drug-likeness (QED) is 0.153. The van der Waals surface area contributed by atoms with Crippen molar-refractivity contribution in [3.63, 3.8) is 0 Å². The molecule has 4 rings (SSSR count). The van der Waals surface area contributed by atoms with Crippen LogP contribution in [0.25, 0.3) is 0 Å². The third kappa shape index (κ3) is 14.7. The number of benzene rings is 2. The van der Waals surface area contributed by atoms with Crippen molar-refractivity contribution < 1.29 is 29.5 Å². The third-order valence-electron chi connectivity index (χ3n) is 7.65. The van der Waals surface area contributed by atoms with Gasteiger partial charge >= 0.3 is 13.2 Å². The molecule has 1 saturated heterocycles. The summed E-state index contributed by atoms with van der Waals surface area (Å²) in [5.74, 6) is -0.511. The summed E-state index contributed by atoms with van der Waals surface area (Å²) in [6, 6.07) is 14.6. The Morgan fingerprint density at radius 1 is 0.933 bits per heavy atom. The second kappa shape index (κ2) is 21.6. The van der Waals surface area contributed by atoms with E-state index in [1.54, 1.807) is 6.07 Å². The monoisotopic (exact) mass is 644 g/mol. The van der Waals surface area contributed by atoms with Crippen molar-refractivity contribution in [2.75, 3.05) is 19.5 Å². The number of carbonyl (C=O) groups is 3. The number of unbranched alkanes of at least 4 members (excludes halogenated alkanes) is 6. The van der Waals surface area contributed by atoms with E-state index < -0.39 is 19.3 Å². The number of nitrogens with zero attached hydrogens (tertiary/aromatic N) is 2. The first-order valence-corrected chi connectivity index (χ1v) is 16.5. The van der Waals surface area contributed by atoms with Crippen LogP contribution in [0.1, 0.15) is 88.3 Å². The zero-order valence-electron chi connectivity index (χ0n) is 26.7. The Bertz CT molecular complexity index is 1160. The van der Waals surface area contributed by atoms with Gasteiger partial charge in [-0.15, -0.1) is 0 Å². The molecule has 2 aromatic carbocycles. The molecule has 0 aliphatic carbocycles. The molecule has 12 heteroatoms. The maximum Gasteiger partial charge on any atom is 0.472 e. The van der Waals surface area contributed by atoms with Crippen molar-refractivity contribution in [3.05, 3.63) is 70.2 Å². The maximum absolute atomic E-state index is 12.3. The van der Waals surface area contributed by atoms with Gasteiger partial charge in [-0.25, -0.2) is 4.79 Å². The van der Waals surface area contributed by atoms with Crippen molar-refractivity contribution >= 4 is 36.6 Å². The number of carboxylic acid groups (broad SMARTS) is 1. The minimum atomic E-state index is -1.60. The molecule has 248 valence electrons. The molecular weight excluding hydrogens is 595 g/mol. The standard InChI is InChI=1S/C15H21BClN3O4.C9H9NO2.C9H20/c17-12-4-1-3-11(7-12)8-18-9-14(21)20-6-2-5-13(20)15(22)19-10-16(23)24;11-9(12)10-5-7-3-1-2-4-8(7)6-10;1-3-5-7-9-8-6-4-2/h1,3-4,7,13,18,23-24H,2,5-6,8-10H2,(H,19,22);1-4H,5-6H2,(H,11,12);3-9H2,1-2H3. The van der Waals surface area contributed by atoms with Crippen LogP contribution >= 0.6 is 11.6 Å². The van der Waals surface area contributed by atoms with Crippen LogP contribution in [0.2, 0.25) is 5.02 Å². The van der Waals surface area contributed by atoms with E-state index in [2.05, 4.69) is 24.5 Å². The Kier molecular flexibility index (Phi) is 18.3. The predicted molar refractivity (Wildman–Crippen MR) is 178 cm³/mol. The first-order chi connectivity index (χ1) is 21.7. The molecule has 5 N–H and O–H groups in total. The van der Waals surface area contributed by atoms with Gasteiger partial charge in [0, 0.05) is 31.2 Å². The normalized spacial score (nSPS) is 14.9. The Balaban J connectivity index is 0.000000277. The fourth-order valence-corrected chi connectivity index (χ4v) is 5.42. The lowest BCUT2D eigenvalue weighted by Crippen LogP contribution is -2.50. The van der Waals surface area contributed by atoms with Gasteiger partial charge in [0.25, 0.3) is 0 Å². The number of carbonyl (C=O) groups excluding carboxylic acids is 2. The number of hydrogen-bond donors (Lipinski definition) is 5. The molecule has 1 unspecified atom stereocenters. The fourth-order valence-electron chi connectivity index (χ4n) is 5.21. The molecule has 1 fully saturated rings. The molecule has 3 amide bonds. The molecule has 0 spiro atoms. The smallest absolute Gasteiger partial charge is 0.465 e. The van der Waals surface area contributed by atoms with Crippen molar-refractivity contribution in [2.45, 2.75) is 97.3 Å². The van der Waals surface area contributed by atoms with Gasteiger partial charge in [-0.1, -0.05) is 107 Å². The van der Waals surface area contributed by atoms with Gasteiger partial charge in [0.2, 0.25) is 11.8 Å². The molecule has 10 nitrogen and oxygen atoms in total. The Morgan fingerprint density at radius 2 is 1.56 bits per heavy atom. The summed E-state index contributed by atoms with van der Waals surface area (Å²) in [5.41, 5.74) is 3.22. The van der Waals surface area contributed by atoms with Crippen LogP contribution in [0.3, 0.4) is 0 Å². The molecule has 1 atom stereocenters. The van der Waals surface area contributed by atoms with E-state index in [9.17, 15) is 14.4 Å². The lowest BCUT2D eigenvalue weighted by molar-refractivity contribution is -0.137. The third-order valence-corrected chi connectivity index (χ3v) is 7.88. The highest BCUT2D eigenvalue weighted by Crippen LogP contribution is 2.21. The molecule has 2 aromatic rings. The molecule has 2 aliphatic rings. The average molecular weight is 645 g/mol. The number of rotatable bonds is 13. The van der Waals surface area contributed by atoms with Gasteiger partial charge in [0.15, 0.2) is 0 Å². The van der Waals surface area contributed by atoms with Gasteiger partial charge in [0.1, 0.15) is 6.04 Å². The van der Waals surface area contributed by atoms with Gasteiger partial charge < -0.3 is 30.7 Å². The van der Waals surface area contributed by atoms with E-state index >= 15 is 0 Å². The number of amides is 3. The van der Waals surface area contributed by atoms with E-state index in [4.69, 9.17) is 26.8 Å². The summed E-state index contributed by atoms with van der Waals surface area (Å²) >= 11 is 5.91. The van der Waals surface area contributed by atoms with Crippen LogP contribution in [0.4, 0.5) is 4.79 Å². The summed E-state index contributed by atoms with van der Waals surface area (Å²) in [6.45, 7) is 6.75. The van der Waals surface area contributed by atoms with Crippen LogP contribution in [0.15, 0.2) is 48.5 Å². The minimum Gasteiger partial charge on any atom is -0.465 e. The molecular formula is C33H50BClN4O6. The molecule has 0 saturated carbocycles. The van der Waals surface area contributed by atoms with Crippen molar-refractivity contribution in [1.29, 1.82) is 0 Å². The highest BCUT2D eigenvalue weighted by Gasteiger charge is 2.34. The second-order valence-corrected chi connectivity index (χ2v) is 11.8. The molecule has 0 radical (unpaired) electrons. The predicted octanol–water partition coefficient (Wildman–Crippen LogP) is 4.99. The maximum atomic E-state index is 12.3. The summed E-state index contributed by atoms with van der Waals surface area (Å²) in [5, 5.41) is 32.4. The lowest BCUT2D eigenvalue weighted by Gasteiger charge is -2.24. The zero-order valence-corrected chi connectivity index (χ0v) is 27.5. The molecule has 2 aliphatic heterocycles. The number of nitrogens with one attached hydrogen (secondary N) is 2. The van der Waals surface area contributed by atoms with Crippen LogP contribution in [0, 0.1) is 0 Å². The van der Waals surface area contributed by atoms with Gasteiger partial charge in [-0.3, -0.25) is 14.5 Å². The molecule has 0 aromatic heterocycles. The highest BCUT2D eigenvalue weighted by atomic mass is 35.5. The number of halogens is 1. The summed E-state index contributed by atoms with van der Waals surface area (Å²) in [4.78, 5) is 37.9. The fraction of sp³-hybridized carbons (Fsp3) is 0.545. The molecule has 45 heavy (non-hydrogen) atoms. The van der Waals surface area contributed by atoms with Gasteiger partial charge in [-0.05, 0) is 41.7 Å². The van der Waals surface area contributed by atoms with Crippen LogP contribution in [0.5, 0.6) is 0 Å². The van der Waals surface area contributed by atoms with Crippen LogP contribution in [-0.4, -0.2) is 75.6 Å². The summed E-state index contributed by atoms with van der Waals surface area (Å²) in [6.07, 6.45) is 10.2. The van der Waals surface area contributed by atoms with Crippen molar-refractivity contribution in [3.8, 4) is 0 Å². The molecule has 2 heterocycles. The second-order valence-electron chi connectivity index (χ2n) is 11.4. The van der Waals surface area contributed by atoms with E-state index in [-0.39, 0.29) is 24.8 Å². The van der Waals surface area contributed by atoms with Crippen molar-refractivity contribution in [2.24, 2.45) is 0 Å².